The Labute approximate surface area is 185 Å². The van der Waals surface area contributed by atoms with E-state index in [-0.39, 0.29) is 0 Å². The quantitative estimate of drug-likeness (QED) is 0.805. The Kier molecular flexibility index (Phi) is 5.92. The van der Waals surface area contributed by atoms with Crippen molar-refractivity contribution in [3.8, 4) is 0 Å². The average Bonchev–Trinajstić information content (AvgIpc) is 2.75. The number of likely N-dealkylation sites (tertiary alicyclic amines) is 1. The standard InChI is InChI=1S/C25H32N6/c1-6-22-24(27-14-17(3)28-22)13-21(26)23-12-18(4)31-15-20(11-16(2)25(31)29-23)19-7-9-30(5)10-8-19/h11-15,19H,4,6-10,26H2,1-3,5H3. The molecule has 4 rings (SSSR count). The first-order valence-electron chi connectivity index (χ1n) is 11.0. The summed E-state index contributed by atoms with van der Waals surface area (Å²) in [5.41, 5.74) is 13.7. The van der Waals surface area contributed by atoms with E-state index in [9.17, 15) is 0 Å². The Morgan fingerprint density at radius 3 is 2.71 bits per heavy atom. The molecule has 0 aromatic carbocycles. The molecule has 162 valence electrons. The highest BCUT2D eigenvalue weighted by Crippen LogP contribution is 2.33. The van der Waals surface area contributed by atoms with Crippen LogP contribution in [-0.4, -0.2) is 45.7 Å². The number of nitrogens with two attached hydrogens (primary N) is 1. The van der Waals surface area contributed by atoms with Crippen molar-refractivity contribution in [3.63, 3.8) is 0 Å². The van der Waals surface area contributed by atoms with Gasteiger partial charge in [-0.2, -0.15) is 0 Å². The maximum absolute atomic E-state index is 6.45. The number of nitrogens with zero attached hydrogens (tertiary/aromatic N) is 5. The fourth-order valence-corrected chi connectivity index (χ4v) is 4.34. The third-order valence-electron chi connectivity index (χ3n) is 6.19. The van der Waals surface area contributed by atoms with Gasteiger partial charge in [0, 0.05) is 18.1 Å². The summed E-state index contributed by atoms with van der Waals surface area (Å²) in [4.78, 5) is 18.5. The van der Waals surface area contributed by atoms with Gasteiger partial charge in [0.1, 0.15) is 5.84 Å². The third-order valence-corrected chi connectivity index (χ3v) is 6.19. The Bertz CT molecular complexity index is 1050. The predicted octanol–water partition coefficient (Wildman–Crippen LogP) is 3.94. The predicted molar refractivity (Wildman–Crippen MR) is 127 cm³/mol. The smallest absolute Gasteiger partial charge is 0.140 e. The van der Waals surface area contributed by atoms with Gasteiger partial charge in [0.2, 0.25) is 0 Å². The zero-order valence-corrected chi connectivity index (χ0v) is 19.0. The second-order valence-electron chi connectivity index (χ2n) is 8.66. The van der Waals surface area contributed by atoms with Gasteiger partial charge in [-0.15, -0.1) is 0 Å². The van der Waals surface area contributed by atoms with Crippen LogP contribution in [0, 0.1) is 12.8 Å². The van der Waals surface area contributed by atoms with Crippen LogP contribution in [0.1, 0.15) is 43.8 Å². The lowest BCUT2D eigenvalue weighted by Gasteiger charge is -2.35. The van der Waals surface area contributed by atoms with Crippen LogP contribution in [0.2, 0.25) is 0 Å². The van der Waals surface area contributed by atoms with E-state index in [0.717, 1.165) is 53.7 Å². The summed E-state index contributed by atoms with van der Waals surface area (Å²) in [5, 5.41) is 0. The lowest BCUT2D eigenvalue weighted by Crippen LogP contribution is -2.35. The molecule has 2 N–H and O–H groups in total. The molecule has 1 saturated heterocycles. The fraction of sp³-hybridized carbons (Fsp3) is 0.400. The van der Waals surface area contributed by atoms with Gasteiger partial charge in [0.25, 0.3) is 0 Å². The Morgan fingerprint density at radius 2 is 2.00 bits per heavy atom. The van der Waals surface area contributed by atoms with Gasteiger partial charge in [-0.05, 0) is 82.5 Å². The highest BCUT2D eigenvalue weighted by Gasteiger charge is 2.27. The molecule has 0 aliphatic carbocycles. The number of piperidine rings is 1. The van der Waals surface area contributed by atoms with Gasteiger partial charge in [0.05, 0.1) is 28.5 Å². The summed E-state index contributed by atoms with van der Waals surface area (Å²) >= 11 is 0. The van der Waals surface area contributed by atoms with Crippen LogP contribution in [0.15, 0.2) is 64.4 Å². The number of aryl methyl sites for hydroxylation is 2. The molecular formula is C25H32N6. The Hall–Kier alpha value is -2.99. The van der Waals surface area contributed by atoms with Crippen LogP contribution >= 0.6 is 0 Å². The second-order valence-corrected chi connectivity index (χ2v) is 8.66. The van der Waals surface area contributed by atoms with E-state index >= 15 is 0 Å². The molecule has 0 atom stereocenters. The van der Waals surface area contributed by atoms with Crippen molar-refractivity contribution < 1.29 is 0 Å². The molecule has 6 nitrogen and oxygen atoms in total. The number of rotatable bonds is 4. The first kappa shape index (κ1) is 21.2. The summed E-state index contributed by atoms with van der Waals surface area (Å²) in [6.07, 6.45) is 13.2. The van der Waals surface area contributed by atoms with E-state index in [1.165, 1.54) is 18.4 Å². The van der Waals surface area contributed by atoms with Gasteiger partial charge in [-0.3, -0.25) is 9.97 Å². The van der Waals surface area contributed by atoms with E-state index in [2.05, 4.69) is 59.5 Å². The third kappa shape index (κ3) is 4.39. The number of allylic oxidation sites excluding steroid dienone is 3. The molecule has 0 radical (unpaired) electrons. The highest BCUT2D eigenvalue weighted by atomic mass is 15.2. The number of aromatic nitrogens is 2. The molecule has 0 amide bonds. The van der Waals surface area contributed by atoms with Crippen LogP contribution in [-0.2, 0) is 6.42 Å². The van der Waals surface area contributed by atoms with E-state index in [0.29, 0.717) is 17.3 Å². The van der Waals surface area contributed by atoms with Crippen molar-refractivity contribution in [1.82, 2.24) is 19.8 Å². The van der Waals surface area contributed by atoms with Crippen molar-refractivity contribution >= 4 is 11.9 Å². The fourth-order valence-electron chi connectivity index (χ4n) is 4.34. The first-order valence-corrected chi connectivity index (χ1v) is 11.0. The lowest BCUT2D eigenvalue weighted by atomic mass is 9.87. The van der Waals surface area contributed by atoms with Gasteiger partial charge in [0.15, 0.2) is 0 Å². The SMILES string of the molecule is C=C1C=C(C(N)=Cc2ncc(C)nc2CC)N=C2C(C)=CC(C3CCN(C)CC3)=CN12. The lowest BCUT2D eigenvalue weighted by molar-refractivity contribution is 0.239. The summed E-state index contributed by atoms with van der Waals surface area (Å²) in [5.74, 6) is 1.48. The molecule has 0 saturated carbocycles. The van der Waals surface area contributed by atoms with Crippen molar-refractivity contribution in [2.24, 2.45) is 16.6 Å². The van der Waals surface area contributed by atoms with Crippen molar-refractivity contribution in [3.05, 3.63) is 76.4 Å². The molecule has 3 aliphatic rings. The van der Waals surface area contributed by atoms with E-state index in [1.807, 2.05) is 19.1 Å². The summed E-state index contributed by atoms with van der Waals surface area (Å²) < 4.78 is 0. The van der Waals surface area contributed by atoms with Crippen molar-refractivity contribution in [2.45, 2.75) is 40.0 Å². The maximum Gasteiger partial charge on any atom is 0.140 e. The monoisotopic (exact) mass is 416 g/mol. The topological polar surface area (TPSA) is 70.6 Å². The summed E-state index contributed by atoms with van der Waals surface area (Å²) in [6, 6.07) is 0. The number of amidine groups is 1. The minimum Gasteiger partial charge on any atom is -0.397 e. The molecule has 6 heteroatoms. The van der Waals surface area contributed by atoms with Gasteiger partial charge >= 0.3 is 0 Å². The summed E-state index contributed by atoms with van der Waals surface area (Å²) in [6.45, 7) is 12.7. The molecule has 3 aliphatic heterocycles. The van der Waals surface area contributed by atoms with Crippen LogP contribution in [0.25, 0.3) is 6.08 Å². The highest BCUT2D eigenvalue weighted by molar-refractivity contribution is 6.03. The molecule has 1 fully saturated rings. The van der Waals surface area contributed by atoms with Gasteiger partial charge in [-0.25, -0.2) is 4.99 Å². The van der Waals surface area contributed by atoms with Gasteiger partial charge < -0.3 is 15.5 Å². The molecular weight excluding hydrogens is 384 g/mol. The van der Waals surface area contributed by atoms with Crippen molar-refractivity contribution in [2.75, 3.05) is 20.1 Å². The average molecular weight is 417 g/mol. The molecule has 4 heterocycles. The second kappa shape index (κ2) is 8.63. The zero-order chi connectivity index (χ0) is 22.1. The number of aliphatic imine (C=N–C) groups is 1. The minimum absolute atomic E-state index is 0.569. The molecule has 1 aromatic rings. The van der Waals surface area contributed by atoms with E-state index in [4.69, 9.17) is 10.7 Å². The maximum atomic E-state index is 6.45. The molecule has 1 aromatic heterocycles. The van der Waals surface area contributed by atoms with Crippen LogP contribution < -0.4 is 5.73 Å². The van der Waals surface area contributed by atoms with Crippen molar-refractivity contribution in [1.29, 1.82) is 0 Å². The minimum atomic E-state index is 0.569. The van der Waals surface area contributed by atoms with E-state index < -0.39 is 0 Å². The Balaban J connectivity index is 1.60. The van der Waals surface area contributed by atoms with Crippen LogP contribution in [0.4, 0.5) is 0 Å². The molecule has 0 bridgehead atoms. The number of hydrogen-bond acceptors (Lipinski definition) is 6. The molecule has 31 heavy (non-hydrogen) atoms. The van der Waals surface area contributed by atoms with Gasteiger partial charge in [-0.1, -0.05) is 19.6 Å². The number of hydrogen-bond donors (Lipinski definition) is 1. The Morgan fingerprint density at radius 1 is 1.26 bits per heavy atom. The van der Waals surface area contributed by atoms with E-state index in [1.54, 1.807) is 6.20 Å². The zero-order valence-electron chi connectivity index (χ0n) is 19.0. The van der Waals surface area contributed by atoms with Crippen LogP contribution in [0.5, 0.6) is 0 Å². The first-order chi connectivity index (χ1) is 14.9. The largest absolute Gasteiger partial charge is 0.397 e. The summed E-state index contributed by atoms with van der Waals surface area (Å²) in [7, 11) is 2.19. The number of fused-ring (bicyclic) bond motifs is 1. The molecule has 0 unspecified atom stereocenters. The van der Waals surface area contributed by atoms with Crippen LogP contribution in [0.3, 0.4) is 0 Å². The molecule has 0 spiro atoms. The normalized spacial score (nSPS) is 20.7.